The summed E-state index contributed by atoms with van der Waals surface area (Å²) in [5.74, 6) is 0.426. The molecule has 1 aliphatic rings. The third-order valence-electron chi connectivity index (χ3n) is 4.47. The van der Waals surface area contributed by atoms with Crippen LogP contribution in [0.3, 0.4) is 0 Å². The molecule has 1 aromatic heterocycles. The van der Waals surface area contributed by atoms with Gasteiger partial charge in [-0.3, -0.25) is 9.69 Å². The molecule has 28 heavy (non-hydrogen) atoms. The number of hydrogen-bond acceptors (Lipinski definition) is 4. The van der Waals surface area contributed by atoms with Gasteiger partial charge in [0.25, 0.3) is 0 Å². The van der Waals surface area contributed by atoms with E-state index < -0.39 is 11.7 Å². The van der Waals surface area contributed by atoms with Gasteiger partial charge in [0.1, 0.15) is 16.6 Å². The number of nitrogens with zero attached hydrogens (tertiary/aromatic N) is 2. The lowest BCUT2D eigenvalue weighted by Crippen LogP contribution is -2.40. The Balaban J connectivity index is 1.96. The molecule has 0 saturated heterocycles. The smallest absolute Gasteiger partial charge is 0.416 e. The van der Waals surface area contributed by atoms with Gasteiger partial charge >= 0.3 is 6.09 Å². The molecule has 0 N–H and O–H groups in total. The number of fused-ring (bicyclic) bond motifs is 1. The molecule has 3 rings (SSSR count). The van der Waals surface area contributed by atoms with Crippen molar-refractivity contribution in [1.82, 2.24) is 4.98 Å². The lowest BCUT2D eigenvalue weighted by Gasteiger charge is -2.32. The van der Waals surface area contributed by atoms with Gasteiger partial charge in [0.15, 0.2) is 5.78 Å². The number of Topliss-reactive ketones (excluding diaryl/α,β-unsaturated/α-hetero) is 1. The van der Waals surface area contributed by atoms with E-state index in [2.05, 4.69) is 4.98 Å². The van der Waals surface area contributed by atoms with Crippen LogP contribution in [0.2, 0.25) is 10.2 Å². The maximum absolute atomic E-state index is 12.9. The summed E-state index contributed by atoms with van der Waals surface area (Å²) < 4.78 is 5.58. The standard InChI is InChI=1S/C21H22Cl2N2O3/c1-21(2,3)28-20(27)25(19-6-4-5-18(23)24-19)12-13-7-10-17(26)15-9-8-14(22)11-16(13)15/h4-6,8-9,11,13H,7,10,12H2,1-3H3. The molecule has 5 nitrogen and oxygen atoms in total. The van der Waals surface area contributed by atoms with Crippen molar-refractivity contribution in [3.63, 3.8) is 0 Å². The van der Waals surface area contributed by atoms with Crippen molar-refractivity contribution in [2.24, 2.45) is 0 Å². The van der Waals surface area contributed by atoms with Gasteiger partial charge in [-0.1, -0.05) is 29.3 Å². The van der Waals surface area contributed by atoms with E-state index in [4.69, 9.17) is 27.9 Å². The van der Waals surface area contributed by atoms with E-state index >= 15 is 0 Å². The zero-order valence-electron chi connectivity index (χ0n) is 16.0. The Hall–Kier alpha value is -2.11. The molecule has 1 aromatic carbocycles. The number of hydrogen-bond donors (Lipinski definition) is 0. The number of carbonyl (C=O) groups excluding carboxylic acids is 2. The quantitative estimate of drug-likeness (QED) is 0.580. The third-order valence-corrected chi connectivity index (χ3v) is 4.91. The molecule has 1 atom stereocenters. The first-order valence-electron chi connectivity index (χ1n) is 9.10. The fourth-order valence-electron chi connectivity index (χ4n) is 3.26. The molecule has 1 amide bonds. The molecule has 0 aliphatic heterocycles. The highest BCUT2D eigenvalue weighted by atomic mass is 35.5. The van der Waals surface area contributed by atoms with Crippen LogP contribution in [-0.2, 0) is 4.74 Å². The number of pyridine rings is 1. The summed E-state index contributed by atoms with van der Waals surface area (Å²) in [6.45, 7) is 5.73. The van der Waals surface area contributed by atoms with Gasteiger partial charge in [0.2, 0.25) is 0 Å². The monoisotopic (exact) mass is 420 g/mol. The summed E-state index contributed by atoms with van der Waals surface area (Å²) >= 11 is 12.2. The van der Waals surface area contributed by atoms with Crippen molar-refractivity contribution in [2.75, 3.05) is 11.4 Å². The van der Waals surface area contributed by atoms with Crippen LogP contribution in [0.4, 0.5) is 10.6 Å². The van der Waals surface area contributed by atoms with E-state index in [9.17, 15) is 9.59 Å². The molecule has 1 unspecified atom stereocenters. The lowest BCUT2D eigenvalue weighted by molar-refractivity contribution is 0.0576. The predicted octanol–water partition coefficient (Wildman–Crippen LogP) is 5.89. The highest BCUT2D eigenvalue weighted by molar-refractivity contribution is 6.30. The zero-order chi connectivity index (χ0) is 20.5. The minimum absolute atomic E-state index is 0.0697. The van der Waals surface area contributed by atoms with Gasteiger partial charge in [-0.25, -0.2) is 9.78 Å². The molecular formula is C21H22Cl2N2O3. The van der Waals surface area contributed by atoms with E-state index in [1.54, 1.807) is 36.4 Å². The fraction of sp³-hybridized carbons (Fsp3) is 0.381. The predicted molar refractivity (Wildman–Crippen MR) is 111 cm³/mol. The first-order chi connectivity index (χ1) is 13.1. The van der Waals surface area contributed by atoms with Gasteiger partial charge in [-0.2, -0.15) is 0 Å². The van der Waals surface area contributed by atoms with Crippen LogP contribution < -0.4 is 4.90 Å². The molecule has 2 aromatic rings. The molecule has 0 saturated carbocycles. The second kappa shape index (κ2) is 8.10. The van der Waals surface area contributed by atoms with Crippen molar-refractivity contribution >= 4 is 40.9 Å². The maximum atomic E-state index is 12.9. The Bertz CT molecular complexity index is 909. The minimum atomic E-state index is -0.655. The third kappa shape index (κ3) is 4.83. The summed E-state index contributed by atoms with van der Waals surface area (Å²) in [5.41, 5.74) is 0.848. The number of aromatic nitrogens is 1. The molecule has 0 radical (unpaired) electrons. The Labute approximate surface area is 174 Å². The average molecular weight is 421 g/mol. The van der Waals surface area contributed by atoms with E-state index in [-0.39, 0.29) is 16.9 Å². The largest absolute Gasteiger partial charge is 0.443 e. The fourth-order valence-corrected chi connectivity index (χ4v) is 3.60. The highest BCUT2D eigenvalue weighted by Crippen LogP contribution is 2.35. The Morgan fingerprint density at radius 1 is 1.25 bits per heavy atom. The van der Waals surface area contributed by atoms with Crippen LogP contribution in [-0.4, -0.2) is 29.0 Å². The highest BCUT2D eigenvalue weighted by Gasteiger charge is 2.32. The van der Waals surface area contributed by atoms with E-state index in [0.717, 1.165) is 5.56 Å². The van der Waals surface area contributed by atoms with Gasteiger partial charge < -0.3 is 4.74 Å². The number of rotatable bonds is 3. The van der Waals surface area contributed by atoms with Crippen molar-refractivity contribution in [3.05, 3.63) is 57.7 Å². The van der Waals surface area contributed by atoms with Crippen molar-refractivity contribution in [2.45, 2.75) is 45.1 Å². The average Bonchev–Trinajstić information content (AvgIpc) is 2.59. The number of carbonyl (C=O) groups is 2. The molecular weight excluding hydrogens is 399 g/mol. The SMILES string of the molecule is CC(C)(C)OC(=O)N(CC1CCC(=O)c2ccc(Cl)cc21)c1cccc(Cl)n1. The minimum Gasteiger partial charge on any atom is -0.443 e. The molecule has 0 fully saturated rings. The number of benzene rings is 1. The topological polar surface area (TPSA) is 59.5 Å². The molecule has 7 heteroatoms. The molecule has 0 spiro atoms. The molecule has 148 valence electrons. The molecule has 1 aliphatic carbocycles. The summed E-state index contributed by atoms with van der Waals surface area (Å²) in [6.07, 6.45) is 0.527. The van der Waals surface area contributed by atoms with Crippen LogP contribution in [0.15, 0.2) is 36.4 Å². The summed E-state index contributed by atoms with van der Waals surface area (Å²) in [7, 11) is 0. The Kier molecular flexibility index (Phi) is 5.96. The number of ether oxygens (including phenoxy) is 1. The first kappa shape index (κ1) is 20.6. The Morgan fingerprint density at radius 2 is 2.00 bits per heavy atom. The van der Waals surface area contributed by atoms with E-state index in [0.29, 0.717) is 35.8 Å². The normalized spacial score (nSPS) is 16.5. The van der Waals surface area contributed by atoms with Crippen molar-refractivity contribution < 1.29 is 14.3 Å². The second-order valence-electron chi connectivity index (χ2n) is 7.80. The number of anilines is 1. The van der Waals surface area contributed by atoms with Gasteiger partial charge in [0.05, 0.1) is 0 Å². The number of amides is 1. The van der Waals surface area contributed by atoms with Gasteiger partial charge in [-0.05, 0) is 63.1 Å². The van der Waals surface area contributed by atoms with Crippen LogP contribution in [0.25, 0.3) is 0 Å². The number of halogens is 2. The van der Waals surface area contributed by atoms with Crippen LogP contribution in [0, 0.1) is 0 Å². The molecule has 0 bridgehead atoms. The zero-order valence-corrected chi connectivity index (χ0v) is 17.5. The second-order valence-corrected chi connectivity index (χ2v) is 8.62. The van der Waals surface area contributed by atoms with E-state index in [1.807, 2.05) is 20.8 Å². The van der Waals surface area contributed by atoms with Gasteiger partial charge in [0, 0.05) is 29.5 Å². The molecule has 1 heterocycles. The van der Waals surface area contributed by atoms with Crippen LogP contribution >= 0.6 is 23.2 Å². The van der Waals surface area contributed by atoms with Crippen LogP contribution in [0.1, 0.15) is 55.5 Å². The maximum Gasteiger partial charge on any atom is 0.416 e. The summed E-state index contributed by atoms with van der Waals surface area (Å²) in [4.78, 5) is 31.0. The van der Waals surface area contributed by atoms with E-state index in [1.165, 1.54) is 4.90 Å². The number of ketones is 1. The summed E-state index contributed by atoms with van der Waals surface area (Å²) in [6, 6.07) is 10.4. The van der Waals surface area contributed by atoms with Crippen molar-refractivity contribution in [3.8, 4) is 0 Å². The summed E-state index contributed by atoms with van der Waals surface area (Å²) in [5, 5.41) is 0.844. The van der Waals surface area contributed by atoms with Crippen molar-refractivity contribution in [1.29, 1.82) is 0 Å². The van der Waals surface area contributed by atoms with Gasteiger partial charge in [-0.15, -0.1) is 0 Å². The van der Waals surface area contributed by atoms with Crippen LogP contribution in [0.5, 0.6) is 0 Å². The Morgan fingerprint density at radius 3 is 2.68 bits per heavy atom. The lowest BCUT2D eigenvalue weighted by atomic mass is 9.82. The first-order valence-corrected chi connectivity index (χ1v) is 9.85.